The van der Waals surface area contributed by atoms with Crippen LogP contribution in [-0.2, 0) is 0 Å². The van der Waals surface area contributed by atoms with Gasteiger partial charge in [-0.1, -0.05) is 16.7 Å². The van der Waals surface area contributed by atoms with Crippen molar-refractivity contribution in [1.29, 1.82) is 0 Å². The van der Waals surface area contributed by atoms with E-state index in [1.807, 2.05) is 0 Å². The van der Waals surface area contributed by atoms with Gasteiger partial charge in [-0.3, -0.25) is 0 Å². The average Bonchev–Trinajstić information content (AvgIpc) is 2.21. The Labute approximate surface area is 86.7 Å². The molecule has 15 heavy (non-hydrogen) atoms. The molecule has 0 amide bonds. The lowest BCUT2D eigenvalue weighted by Gasteiger charge is -2.02. The predicted molar refractivity (Wildman–Crippen MR) is 48.6 cm³/mol. The molecule has 0 atom stereocenters. The van der Waals surface area contributed by atoms with Gasteiger partial charge in [0.1, 0.15) is 5.82 Å². The lowest BCUT2D eigenvalue weighted by atomic mass is 10.3. The average molecular weight is 227 g/mol. The summed E-state index contributed by atoms with van der Waals surface area (Å²) in [5.41, 5.74) is 24.5. The quantitative estimate of drug-likeness (QED) is 0.426. The molecule has 1 aromatic rings. The second-order valence-electron chi connectivity index (χ2n) is 2.11. The number of hydrogen-bond donors (Lipinski definition) is 0. The topological polar surface area (TPSA) is 133 Å². The van der Waals surface area contributed by atoms with Crippen LogP contribution in [0.2, 0.25) is 5.02 Å². The van der Waals surface area contributed by atoms with E-state index in [0.717, 1.165) is 0 Å². The van der Waals surface area contributed by atoms with Crippen molar-refractivity contribution in [3.05, 3.63) is 31.7 Å². The molecule has 0 aliphatic carbocycles. The van der Waals surface area contributed by atoms with E-state index in [4.69, 9.17) is 28.4 Å². The number of rotatable bonds is 2. The third-order valence-corrected chi connectivity index (χ3v) is 1.65. The maximum absolute atomic E-state index is 13.1. The van der Waals surface area contributed by atoms with Crippen LogP contribution in [0.5, 0.6) is 0 Å². The minimum Gasteiger partial charge on any atom is -0.221 e. The van der Waals surface area contributed by atoms with Gasteiger partial charge >= 0.3 is 0 Å². The van der Waals surface area contributed by atoms with Gasteiger partial charge in [-0.05, 0) is 16.2 Å². The minimum absolute atomic E-state index is 0.471. The largest absolute Gasteiger partial charge is 0.221 e. The van der Waals surface area contributed by atoms with Crippen molar-refractivity contribution in [2.75, 3.05) is 0 Å². The van der Waals surface area contributed by atoms with Crippen LogP contribution in [0.15, 0.2) is 10.2 Å². The second-order valence-corrected chi connectivity index (χ2v) is 2.49. The van der Waals surface area contributed by atoms with Crippen LogP contribution < -0.4 is 5.73 Å². The summed E-state index contributed by atoms with van der Waals surface area (Å²) in [5.74, 6) is -2.82. The SMILES string of the molecule is [N]c1nc(N=[N+]=[N-])c(Cl)c(N=[N+]=[N-])c1F. The van der Waals surface area contributed by atoms with Gasteiger partial charge < -0.3 is 0 Å². The van der Waals surface area contributed by atoms with Crippen LogP contribution >= 0.6 is 11.6 Å². The van der Waals surface area contributed by atoms with Crippen molar-refractivity contribution < 1.29 is 4.39 Å². The summed E-state index contributed by atoms with van der Waals surface area (Å²) in [6.45, 7) is 0. The van der Waals surface area contributed by atoms with Crippen molar-refractivity contribution in [2.45, 2.75) is 0 Å². The van der Waals surface area contributed by atoms with E-state index < -0.39 is 28.2 Å². The lowest BCUT2D eigenvalue weighted by Crippen LogP contribution is -1.87. The molecule has 0 unspecified atom stereocenters. The van der Waals surface area contributed by atoms with Gasteiger partial charge in [0, 0.05) is 9.82 Å². The normalized spacial score (nSPS) is 8.93. The summed E-state index contributed by atoms with van der Waals surface area (Å²) >= 11 is 5.50. The molecule has 0 N–H and O–H groups in total. The van der Waals surface area contributed by atoms with Crippen LogP contribution in [0.4, 0.5) is 21.7 Å². The molecule has 2 radical (unpaired) electrons. The van der Waals surface area contributed by atoms with Gasteiger partial charge in [-0.25, -0.2) is 9.37 Å². The maximum Gasteiger partial charge on any atom is 0.211 e. The molecular weight excluding hydrogens is 227 g/mol. The molecular formula is C5ClFN8. The van der Waals surface area contributed by atoms with Crippen LogP contribution in [0.1, 0.15) is 0 Å². The van der Waals surface area contributed by atoms with Gasteiger partial charge in [0.25, 0.3) is 0 Å². The Morgan fingerprint density at radius 1 is 1.33 bits per heavy atom. The first-order valence-electron chi connectivity index (χ1n) is 3.30. The summed E-state index contributed by atoms with van der Waals surface area (Å²) in [6, 6.07) is 0. The number of nitrogens with zero attached hydrogens (tertiary/aromatic N) is 8. The summed E-state index contributed by atoms with van der Waals surface area (Å²) in [4.78, 5) is 7.80. The third kappa shape index (κ3) is 2.00. The van der Waals surface area contributed by atoms with Crippen molar-refractivity contribution in [3.8, 4) is 0 Å². The van der Waals surface area contributed by atoms with E-state index in [-0.39, 0.29) is 0 Å². The highest BCUT2D eigenvalue weighted by Crippen LogP contribution is 2.37. The van der Waals surface area contributed by atoms with E-state index in [1.54, 1.807) is 0 Å². The summed E-state index contributed by atoms with van der Waals surface area (Å²) < 4.78 is 13.1. The Morgan fingerprint density at radius 3 is 2.47 bits per heavy atom. The van der Waals surface area contributed by atoms with E-state index >= 15 is 0 Å². The van der Waals surface area contributed by atoms with E-state index in [1.165, 1.54) is 0 Å². The second kappa shape index (κ2) is 4.34. The van der Waals surface area contributed by atoms with Crippen LogP contribution in [0.25, 0.3) is 20.9 Å². The van der Waals surface area contributed by atoms with Crippen LogP contribution in [0.3, 0.4) is 0 Å². The molecule has 0 aromatic carbocycles. The minimum atomic E-state index is -1.28. The van der Waals surface area contributed by atoms with Gasteiger partial charge in [0.15, 0.2) is 5.82 Å². The number of pyridine rings is 1. The Morgan fingerprint density at radius 2 is 1.93 bits per heavy atom. The molecule has 0 spiro atoms. The van der Waals surface area contributed by atoms with Crippen molar-refractivity contribution in [1.82, 2.24) is 10.7 Å². The Bertz CT molecular complexity index is 500. The van der Waals surface area contributed by atoms with Gasteiger partial charge in [0.2, 0.25) is 5.82 Å². The summed E-state index contributed by atoms with van der Waals surface area (Å²) in [5, 5.41) is 5.41. The lowest BCUT2D eigenvalue weighted by molar-refractivity contribution is 0.625. The number of halogens is 2. The molecule has 8 nitrogen and oxygen atoms in total. The molecule has 0 bridgehead atoms. The molecule has 0 saturated heterocycles. The fourth-order valence-electron chi connectivity index (χ4n) is 0.748. The first kappa shape index (κ1) is 10.9. The van der Waals surface area contributed by atoms with Crippen LogP contribution in [-0.4, -0.2) is 4.98 Å². The predicted octanol–water partition coefficient (Wildman–Crippen LogP) is 3.46. The summed E-state index contributed by atoms with van der Waals surface area (Å²) in [6.07, 6.45) is 0. The van der Waals surface area contributed by atoms with E-state index in [0.29, 0.717) is 0 Å². The molecule has 10 heteroatoms. The van der Waals surface area contributed by atoms with Crippen molar-refractivity contribution in [3.63, 3.8) is 0 Å². The monoisotopic (exact) mass is 226 g/mol. The third-order valence-electron chi connectivity index (χ3n) is 1.30. The standard InChI is InChI=1S/C5ClFN8/c6-1-3(12-14-9)2(7)4(8)11-5(1)13-15-10. The van der Waals surface area contributed by atoms with Gasteiger partial charge in [0.05, 0.1) is 10.7 Å². The Balaban J connectivity index is 3.62. The van der Waals surface area contributed by atoms with E-state index in [2.05, 4.69) is 25.0 Å². The molecule has 0 fully saturated rings. The first-order valence-corrected chi connectivity index (χ1v) is 3.67. The number of azide groups is 2. The van der Waals surface area contributed by atoms with Crippen molar-refractivity contribution >= 4 is 28.9 Å². The highest BCUT2D eigenvalue weighted by atomic mass is 35.5. The number of aromatic nitrogens is 1. The Kier molecular flexibility index (Phi) is 3.14. The summed E-state index contributed by atoms with van der Waals surface area (Å²) in [7, 11) is 0. The fourth-order valence-corrected chi connectivity index (χ4v) is 0.949. The molecule has 1 rings (SSSR count). The zero-order valence-corrected chi connectivity index (χ0v) is 7.59. The zero-order chi connectivity index (χ0) is 11.4. The molecule has 1 heterocycles. The van der Waals surface area contributed by atoms with E-state index in [9.17, 15) is 4.39 Å². The molecule has 0 saturated carbocycles. The Hall–Kier alpha value is -2.21. The zero-order valence-electron chi connectivity index (χ0n) is 6.83. The van der Waals surface area contributed by atoms with Gasteiger partial charge in [-0.15, -0.1) is 5.73 Å². The van der Waals surface area contributed by atoms with Gasteiger partial charge in [-0.2, -0.15) is 0 Å². The fraction of sp³-hybridized carbons (Fsp3) is 0. The number of hydrogen-bond acceptors (Lipinski definition) is 3. The maximum atomic E-state index is 13.1. The highest BCUT2D eigenvalue weighted by Gasteiger charge is 2.16. The molecule has 1 aromatic heterocycles. The first-order chi connectivity index (χ1) is 7.11. The molecule has 74 valence electrons. The molecule has 0 aliphatic rings. The molecule has 0 aliphatic heterocycles. The van der Waals surface area contributed by atoms with Crippen LogP contribution in [0, 0.1) is 5.82 Å². The van der Waals surface area contributed by atoms with Crippen molar-refractivity contribution in [2.24, 2.45) is 10.2 Å². The smallest absolute Gasteiger partial charge is 0.211 e. The highest BCUT2D eigenvalue weighted by molar-refractivity contribution is 6.35.